The molecule has 16 heteroatoms. The lowest BCUT2D eigenvalue weighted by atomic mass is 10.1. The smallest absolute Gasteiger partial charge is 0.478 e. The van der Waals surface area contributed by atoms with Gasteiger partial charge in [-0.05, 0) is 36.4 Å². The number of nitrogens with one attached hydrogen (secondary N) is 1. The minimum absolute atomic E-state index is 0.0387. The van der Waals surface area contributed by atoms with Gasteiger partial charge in [0, 0.05) is 39.1 Å². The molecule has 0 aliphatic carbocycles. The lowest BCUT2D eigenvalue weighted by Crippen LogP contribution is -2.46. The second kappa shape index (κ2) is 13.0. The van der Waals surface area contributed by atoms with Gasteiger partial charge in [0.15, 0.2) is 0 Å². The van der Waals surface area contributed by atoms with Crippen LogP contribution in [0.25, 0.3) is 0 Å². The first-order valence-electron chi connectivity index (χ1n) is 10.6. The number of hydrogen-bond acceptors (Lipinski definition) is 7. The monoisotopic (exact) mass is 596 g/mol. The molecule has 2 aromatic rings. The quantitative estimate of drug-likeness (QED) is 0.428. The van der Waals surface area contributed by atoms with E-state index in [1.165, 1.54) is 30.3 Å². The van der Waals surface area contributed by atoms with Crippen LogP contribution in [0.2, 0.25) is 10.0 Å². The Bertz CT molecular complexity index is 1330. The summed E-state index contributed by atoms with van der Waals surface area (Å²) in [5, 5.41) is 25.6. The molecule has 0 bridgehead atoms. The molecule has 3 N–H and O–H groups in total. The lowest BCUT2D eigenvalue weighted by Gasteiger charge is -2.36. The van der Waals surface area contributed by atoms with Crippen LogP contribution >= 0.6 is 23.2 Å². The van der Waals surface area contributed by atoms with Crippen molar-refractivity contribution >= 4 is 56.5 Å². The molecular formula is C22H21Cl2F3N4O6S. The number of anilines is 2. The largest absolute Gasteiger partial charge is 0.490 e. The van der Waals surface area contributed by atoms with E-state index in [0.717, 1.165) is 0 Å². The van der Waals surface area contributed by atoms with Crippen LogP contribution in [-0.2, 0) is 14.8 Å². The number of hydrogen-bond donors (Lipinski definition) is 3. The SMILES string of the molecule is N#CCCN1CCN(c2ccc(C(=O)O)cc2NS(=O)(=O)c2ccc(Cl)c(Cl)c2)CC1.O=C(O)C(F)(F)F. The summed E-state index contributed by atoms with van der Waals surface area (Å²) in [5.41, 5.74) is 0.702. The van der Waals surface area contributed by atoms with Crippen LogP contribution in [0.1, 0.15) is 16.8 Å². The fourth-order valence-electron chi connectivity index (χ4n) is 3.29. The maximum absolute atomic E-state index is 12.9. The van der Waals surface area contributed by atoms with Crippen molar-refractivity contribution in [2.45, 2.75) is 17.5 Å². The molecule has 0 radical (unpaired) electrons. The number of aromatic carboxylic acids is 1. The summed E-state index contributed by atoms with van der Waals surface area (Å²) in [4.78, 5) is 24.4. The molecule has 1 heterocycles. The predicted octanol–water partition coefficient (Wildman–Crippen LogP) is 4.16. The van der Waals surface area contributed by atoms with Crippen LogP contribution in [0, 0.1) is 11.3 Å². The minimum Gasteiger partial charge on any atom is -0.478 e. The summed E-state index contributed by atoms with van der Waals surface area (Å²) in [7, 11) is -4.04. The molecule has 0 amide bonds. The number of sulfonamides is 1. The average molecular weight is 597 g/mol. The first-order valence-corrected chi connectivity index (χ1v) is 12.9. The molecule has 0 atom stereocenters. The number of nitriles is 1. The number of benzene rings is 2. The molecule has 0 saturated carbocycles. The van der Waals surface area contributed by atoms with Gasteiger partial charge in [0.1, 0.15) is 0 Å². The molecule has 0 spiro atoms. The molecule has 1 aliphatic heterocycles. The van der Waals surface area contributed by atoms with E-state index in [9.17, 15) is 31.5 Å². The molecule has 10 nitrogen and oxygen atoms in total. The first kappa shape index (κ1) is 31.0. The normalized spacial score (nSPS) is 14.2. The Balaban J connectivity index is 0.000000638. The van der Waals surface area contributed by atoms with Crippen molar-refractivity contribution < 1.29 is 41.4 Å². The lowest BCUT2D eigenvalue weighted by molar-refractivity contribution is -0.192. The molecule has 1 saturated heterocycles. The van der Waals surface area contributed by atoms with Gasteiger partial charge in [-0.25, -0.2) is 18.0 Å². The van der Waals surface area contributed by atoms with Crippen LogP contribution in [0.4, 0.5) is 24.5 Å². The number of nitrogens with zero attached hydrogens (tertiary/aromatic N) is 3. The van der Waals surface area contributed by atoms with Gasteiger partial charge in [-0.1, -0.05) is 23.2 Å². The number of rotatable bonds is 7. The van der Waals surface area contributed by atoms with Crippen molar-refractivity contribution in [1.29, 1.82) is 5.26 Å². The van der Waals surface area contributed by atoms with Crippen molar-refractivity contribution in [3.63, 3.8) is 0 Å². The van der Waals surface area contributed by atoms with Crippen molar-refractivity contribution in [3.8, 4) is 6.07 Å². The van der Waals surface area contributed by atoms with Gasteiger partial charge in [-0.3, -0.25) is 9.62 Å². The fraction of sp³-hybridized carbons (Fsp3) is 0.318. The van der Waals surface area contributed by atoms with Gasteiger partial charge in [0.2, 0.25) is 0 Å². The third-order valence-electron chi connectivity index (χ3n) is 5.18. The summed E-state index contributed by atoms with van der Waals surface area (Å²) in [6.45, 7) is 3.32. The molecule has 0 aromatic heterocycles. The van der Waals surface area contributed by atoms with E-state index < -0.39 is 28.1 Å². The first-order chi connectivity index (χ1) is 17.7. The van der Waals surface area contributed by atoms with Crippen molar-refractivity contribution in [3.05, 3.63) is 52.0 Å². The van der Waals surface area contributed by atoms with Crippen molar-refractivity contribution in [2.24, 2.45) is 0 Å². The van der Waals surface area contributed by atoms with E-state index in [4.69, 9.17) is 38.4 Å². The summed E-state index contributed by atoms with van der Waals surface area (Å²) in [6.07, 6.45) is -4.64. The fourth-order valence-corrected chi connectivity index (χ4v) is 4.75. The molecule has 38 heavy (non-hydrogen) atoms. The highest BCUT2D eigenvalue weighted by Crippen LogP contribution is 2.32. The van der Waals surface area contributed by atoms with E-state index in [1.807, 2.05) is 4.90 Å². The zero-order chi connectivity index (χ0) is 28.7. The Hall–Kier alpha value is -3.25. The number of alkyl halides is 3. The van der Waals surface area contributed by atoms with Gasteiger partial charge >= 0.3 is 18.1 Å². The van der Waals surface area contributed by atoms with Crippen molar-refractivity contribution in [1.82, 2.24) is 4.90 Å². The topological polar surface area (TPSA) is 151 Å². The Kier molecular flexibility index (Phi) is 10.6. The number of aliphatic carboxylic acids is 1. The van der Waals surface area contributed by atoms with Crippen molar-refractivity contribution in [2.75, 3.05) is 42.3 Å². The van der Waals surface area contributed by atoms with Gasteiger partial charge in [0.25, 0.3) is 10.0 Å². The van der Waals surface area contributed by atoms with E-state index in [-0.39, 0.29) is 26.2 Å². The molecule has 1 fully saturated rings. The van der Waals surface area contributed by atoms with Crippen LogP contribution in [0.3, 0.4) is 0 Å². The Morgan fingerprint density at radius 2 is 1.63 bits per heavy atom. The van der Waals surface area contributed by atoms with E-state index >= 15 is 0 Å². The third-order valence-corrected chi connectivity index (χ3v) is 7.29. The summed E-state index contributed by atoms with van der Waals surface area (Å²) in [6, 6.07) is 10.4. The molecule has 1 aliphatic rings. The number of carboxylic acids is 2. The Morgan fingerprint density at radius 3 is 2.13 bits per heavy atom. The van der Waals surface area contributed by atoms with Gasteiger partial charge in [-0.2, -0.15) is 18.4 Å². The number of piperazine rings is 1. The van der Waals surface area contributed by atoms with Crippen LogP contribution in [-0.4, -0.2) is 74.4 Å². The van der Waals surface area contributed by atoms with E-state index in [1.54, 1.807) is 6.07 Å². The minimum atomic E-state index is -5.08. The summed E-state index contributed by atoms with van der Waals surface area (Å²) < 4.78 is 60.1. The summed E-state index contributed by atoms with van der Waals surface area (Å²) in [5.74, 6) is -3.92. The molecule has 206 valence electrons. The zero-order valence-corrected chi connectivity index (χ0v) is 21.7. The predicted molar refractivity (Wildman–Crippen MR) is 133 cm³/mol. The molecule has 3 rings (SSSR count). The highest BCUT2D eigenvalue weighted by molar-refractivity contribution is 7.92. The molecule has 0 unspecified atom stereocenters. The Labute approximate surface area is 225 Å². The van der Waals surface area contributed by atoms with Crippen LogP contribution in [0.15, 0.2) is 41.3 Å². The van der Waals surface area contributed by atoms with E-state index in [0.29, 0.717) is 44.8 Å². The van der Waals surface area contributed by atoms with E-state index in [2.05, 4.69) is 15.7 Å². The third kappa shape index (κ3) is 8.66. The van der Waals surface area contributed by atoms with Gasteiger partial charge in [-0.15, -0.1) is 0 Å². The average Bonchev–Trinajstić information content (AvgIpc) is 2.84. The van der Waals surface area contributed by atoms with Crippen LogP contribution < -0.4 is 9.62 Å². The van der Waals surface area contributed by atoms with Crippen LogP contribution in [0.5, 0.6) is 0 Å². The van der Waals surface area contributed by atoms with Gasteiger partial charge in [0.05, 0.1) is 37.9 Å². The number of carboxylic acid groups (broad SMARTS) is 2. The maximum atomic E-state index is 12.9. The second-order valence-electron chi connectivity index (χ2n) is 7.76. The number of carbonyl (C=O) groups is 2. The standard InChI is InChI=1S/C20H20Cl2N4O4S.C2HF3O2/c21-16-4-3-15(13-17(16)22)31(29,30)24-18-12-14(20(27)28)2-5-19(18)26-10-8-25(9-11-26)7-1-6-23;3-2(4,5)1(6)7/h2-5,12-13,24H,1,7-11H2,(H,27,28);(H,6,7). The molecule has 2 aromatic carbocycles. The highest BCUT2D eigenvalue weighted by atomic mass is 35.5. The molecular weight excluding hydrogens is 576 g/mol. The highest BCUT2D eigenvalue weighted by Gasteiger charge is 2.38. The Morgan fingerprint density at radius 1 is 1.03 bits per heavy atom. The maximum Gasteiger partial charge on any atom is 0.490 e. The summed E-state index contributed by atoms with van der Waals surface area (Å²) >= 11 is 11.8. The van der Waals surface area contributed by atoms with Gasteiger partial charge < -0.3 is 15.1 Å². The zero-order valence-electron chi connectivity index (χ0n) is 19.4. The second-order valence-corrected chi connectivity index (χ2v) is 10.3. The number of halogens is 5.